The summed E-state index contributed by atoms with van der Waals surface area (Å²) in [6.45, 7) is 10.0. The molecular formula is C17H22N4O4. The molecule has 0 bridgehead atoms. The summed E-state index contributed by atoms with van der Waals surface area (Å²) >= 11 is 0. The van der Waals surface area contributed by atoms with Gasteiger partial charge in [0.1, 0.15) is 11.3 Å². The van der Waals surface area contributed by atoms with E-state index in [1.165, 1.54) is 0 Å². The molecule has 0 fully saturated rings. The van der Waals surface area contributed by atoms with Crippen LogP contribution in [0.1, 0.15) is 32.8 Å². The van der Waals surface area contributed by atoms with Crippen molar-refractivity contribution in [3.63, 3.8) is 0 Å². The summed E-state index contributed by atoms with van der Waals surface area (Å²) in [4.78, 5) is 16.2. The minimum atomic E-state index is -0.322. The Morgan fingerprint density at radius 3 is 2.88 bits per heavy atom. The smallest absolute Gasteiger partial charge is 0.307 e. The van der Waals surface area contributed by atoms with Crippen LogP contribution in [0, 0.1) is 5.21 Å². The Morgan fingerprint density at radius 2 is 2.20 bits per heavy atom. The maximum atomic E-state index is 12.1. The molecule has 2 aromatic rings. The van der Waals surface area contributed by atoms with Gasteiger partial charge in [0.05, 0.1) is 24.2 Å². The molecule has 2 rings (SSSR count). The molecule has 0 saturated heterocycles. The van der Waals surface area contributed by atoms with Crippen molar-refractivity contribution >= 4 is 28.7 Å². The number of hydrogen-bond donors (Lipinski definition) is 1. The van der Waals surface area contributed by atoms with Crippen LogP contribution in [0.3, 0.4) is 0 Å². The lowest BCUT2D eigenvalue weighted by molar-refractivity contribution is -0.641. The quantitative estimate of drug-likeness (QED) is 0.338. The van der Waals surface area contributed by atoms with E-state index >= 15 is 0 Å². The topological polar surface area (TPSA) is 100 Å². The van der Waals surface area contributed by atoms with E-state index in [4.69, 9.17) is 9.47 Å². The van der Waals surface area contributed by atoms with E-state index in [2.05, 4.69) is 22.0 Å². The zero-order valence-corrected chi connectivity index (χ0v) is 14.6. The van der Waals surface area contributed by atoms with Gasteiger partial charge in [-0.1, -0.05) is 6.58 Å². The average Bonchev–Trinajstić information content (AvgIpc) is 2.54. The van der Waals surface area contributed by atoms with Gasteiger partial charge in [0.15, 0.2) is 0 Å². The van der Waals surface area contributed by atoms with Crippen LogP contribution in [0.2, 0.25) is 0 Å². The molecule has 0 spiro atoms. The number of esters is 1. The van der Waals surface area contributed by atoms with E-state index in [0.717, 1.165) is 0 Å². The third kappa shape index (κ3) is 5.03. The van der Waals surface area contributed by atoms with Crippen LogP contribution in [0.5, 0.6) is 0 Å². The second-order valence-electron chi connectivity index (χ2n) is 5.58. The molecule has 1 aromatic heterocycles. The maximum absolute atomic E-state index is 12.1. The third-order valence-corrected chi connectivity index (χ3v) is 3.21. The first kappa shape index (κ1) is 18.4. The van der Waals surface area contributed by atoms with E-state index in [1.807, 2.05) is 6.92 Å². The summed E-state index contributed by atoms with van der Waals surface area (Å²) in [5.41, 5.74) is 1.48. The minimum Gasteiger partial charge on any atom is -0.594 e. The highest BCUT2D eigenvalue weighted by Crippen LogP contribution is 2.18. The van der Waals surface area contributed by atoms with Gasteiger partial charge in [-0.3, -0.25) is 4.79 Å². The Bertz CT molecular complexity index is 777. The van der Waals surface area contributed by atoms with Gasteiger partial charge in [-0.25, -0.2) is 4.98 Å². The summed E-state index contributed by atoms with van der Waals surface area (Å²) < 4.78 is 10.4. The number of fused-ring (bicyclic) bond motifs is 1. The number of hydrogen-bond acceptors (Lipinski definition) is 7. The highest BCUT2D eigenvalue weighted by Gasteiger charge is 2.13. The van der Waals surface area contributed by atoms with Crippen LogP contribution in [0.4, 0.5) is 5.95 Å². The number of ether oxygens (including phenoxy) is 2. The van der Waals surface area contributed by atoms with Gasteiger partial charge in [0.25, 0.3) is 11.5 Å². The van der Waals surface area contributed by atoms with E-state index in [1.54, 1.807) is 32.0 Å². The van der Waals surface area contributed by atoms with Gasteiger partial charge in [0, 0.05) is 18.2 Å². The second-order valence-corrected chi connectivity index (χ2v) is 5.58. The zero-order chi connectivity index (χ0) is 18.4. The fraction of sp³-hybridized carbons (Fsp3) is 0.412. The second kappa shape index (κ2) is 8.27. The standard InChI is InChI=1S/C17H22N4O4/c1-5-24-12(4)13-6-7-14-15(10-13)21(23)20-17(19-14)18-9-8-16(22)25-11(2)3/h6-7,10-11H,4-5,8-9H2,1-3H3,(H,18,19,20). The number of anilines is 1. The Morgan fingerprint density at radius 1 is 1.44 bits per heavy atom. The molecule has 1 aromatic carbocycles. The van der Waals surface area contributed by atoms with Crippen LogP contribution < -0.4 is 10.2 Å². The SMILES string of the molecule is C=C(OCC)c1ccc2nc(NCCC(=O)OC(C)C)n[n+]([O-])c2c1. The zero-order valence-electron chi connectivity index (χ0n) is 14.6. The Kier molecular flexibility index (Phi) is 6.10. The number of benzene rings is 1. The molecule has 0 aliphatic rings. The Labute approximate surface area is 146 Å². The van der Waals surface area contributed by atoms with E-state index in [-0.39, 0.29) is 31.0 Å². The van der Waals surface area contributed by atoms with Crippen LogP contribution in [-0.4, -0.2) is 35.3 Å². The van der Waals surface area contributed by atoms with Crippen LogP contribution in [0.15, 0.2) is 24.8 Å². The van der Waals surface area contributed by atoms with Crippen molar-refractivity contribution in [2.24, 2.45) is 0 Å². The predicted octanol–water partition coefficient (Wildman–Crippen LogP) is 2.02. The lowest BCUT2D eigenvalue weighted by atomic mass is 10.1. The van der Waals surface area contributed by atoms with E-state index < -0.39 is 0 Å². The molecule has 25 heavy (non-hydrogen) atoms. The molecule has 1 heterocycles. The monoisotopic (exact) mass is 346 g/mol. The van der Waals surface area contributed by atoms with Crippen molar-refractivity contribution in [2.75, 3.05) is 18.5 Å². The van der Waals surface area contributed by atoms with Crippen molar-refractivity contribution in [1.29, 1.82) is 0 Å². The number of aromatic nitrogens is 3. The Hall–Kier alpha value is -2.90. The molecule has 0 amide bonds. The van der Waals surface area contributed by atoms with E-state index in [0.29, 0.717) is 33.8 Å². The summed E-state index contributed by atoms with van der Waals surface area (Å²) in [5, 5.41) is 18.8. The fourth-order valence-electron chi connectivity index (χ4n) is 2.15. The van der Waals surface area contributed by atoms with Crippen molar-refractivity contribution in [3.05, 3.63) is 35.5 Å². The van der Waals surface area contributed by atoms with Crippen molar-refractivity contribution < 1.29 is 19.1 Å². The summed E-state index contributed by atoms with van der Waals surface area (Å²) in [6.07, 6.45) is -0.000182. The summed E-state index contributed by atoms with van der Waals surface area (Å²) in [6, 6.07) is 5.10. The fourth-order valence-corrected chi connectivity index (χ4v) is 2.15. The Balaban J connectivity index is 2.09. The van der Waals surface area contributed by atoms with Gasteiger partial charge in [0.2, 0.25) is 0 Å². The van der Waals surface area contributed by atoms with Crippen LogP contribution in [-0.2, 0) is 14.3 Å². The first-order chi connectivity index (χ1) is 11.9. The molecule has 8 nitrogen and oxygen atoms in total. The lowest BCUT2D eigenvalue weighted by Crippen LogP contribution is -2.34. The molecular weight excluding hydrogens is 324 g/mol. The number of rotatable bonds is 8. The maximum Gasteiger partial charge on any atom is 0.307 e. The first-order valence-corrected chi connectivity index (χ1v) is 8.07. The average molecular weight is 346 g/mol. The molecule has 1 N–H and O–H groups in total. The lowest BCUT2D eigenvalue weighted by Gasteiger charge is -2.09. The molecule has 0 saturated carbocycles. The number of nitrogens with one attached hydrogen (secondary N) is 1. The summed E-state index contributed by atoms with van der Waals surface area (Å²) in [7, 11) is 0. The van der Waals surface area contributed by atoms with Gasteiger partial charge < -0.3 is 20.0 Å². The number of carbonyl (C=O) groups is 1. The third-order valence-electron chi connectivity index (χ3n) is 3.21. The summed E-state index contributed by atoms with van der Waals surface area (Å²) in [5.74, 6) is 0.309. The van der Waals surface area contributed by atoms with E-state index in [9.17, 15) is 10.0 Å². The van der Waals surface area contributed by atoms with Gasteiger partial charge in [-0.05, 0) is 37.7 Å². The van der Waals surface area contributed by atoms with Crippen LogP contribution in [0.25, 0.3) is 16.8 Å². The molecule has 0 unspecified atom stereocenters. The van der Waals surface area contributed by atoms with Gasteiger partial charge in [-0.15, -0.1) is 0 Å². The normalized spacial score (nSPS) is 10.7. The molecule has 8 heteroatoms. The van der Waals surface area contributed by atoms with Crippen molar-refractivity contribution in [3.8, 4) is 0 Å². The largest absolute Gasteiger partial charge is 0.594 e. The molecule has 0 atom stereocenters. The highest BCUT2D eigenvalue weighted by atomic mass is 16.5. The highest BCUT2D eigenvalue weighted by molar-refractivity contribution is 5.76. The van der Waals surface area contributed by atoms with Gasteiger partial charge >= 0.3 is 5.97 Å². The molecule has 134 valence electrons. The molecule has 0 aliphatic carbocycles. The predicted molar refractivity (Wildman–Crippen MR) is 93.5 cm³/mol. The van der Waals surface area contributed by atoms with Gasteiger partial charge in [-0.2, -0.15) is 0 Å². The molecule has 0 aliphatic heterocycles. The van der Waals surface area contributed by atoms with Crippen LogP contribution >= 0.6 is 0 Å². The van der Waals surface area contributed by atoms with Crippen molar-refractivity contribution in [1.82, 2.24) is 10.1 Å². The number of nitrogens with zero attached hydrogens (tertiary/aromatic N) is 3. The first-order valence-electron chi connectivity index (χ1n) is 8.07. The van der Waals surface area contributed by atoms with Crippen molar-refractivity contribution in [2.45, 2.75) is 33.3 Å². The number of carbonyl (C=O) groups excluding carboxylic acids is 1. The minimum absolute atomic E-state index is 0.149. The molecule has 0 radical (unpaired) electrons.